The number of amides is 1. The minimum Gasteiger partial charge on any atom is -0.495 e. The molecule has 0 aliphatic rings. The molecule has 0 atom stereocenters. The molecule has 9 heteroatoms. The van der Waals surface area contributed by atoms with Crippen LogP contribution in [0, 0.1) is 6.92 Å². The van der Waals surface area contributed by atoms with Gasteiger partial charge in [-0.1, -0.05) is 48.0 Å². The highest BCUT2D eigenvalue weighted by atomic mass is 32.2. The smallest absolute Gasteiger partial charge is 0.338 e. The molecule has 8 nitrogen and oxygen atoms in total. The third-order valence-electron chi connectivity index (χ3n) is 4.91. The fourth-order valence-corrected chi connectivity index (χ4v) is 4.36. The zero-order chi connectivity index (χ0) is 24.6. The maximum absolute atomic E-state index is 12.9. The number of esters is 1. The number of hydrogen-bond donors (Lipinski definition) is 2. The van der Waals surface area contributed by atoms with E-state index < -0.39 is 28.5 Å². The van der Waals surface area contributed by atoms with E-state index in [0.717, 1.165) is 17.2 Å². The first-order valence-corrected chi connectivity index (χ1v) is 12.0. The van der Waals surface area contributed by atoms with Crippen molar-refractivity contribution in [3.05, 3.63) is 89.5 Å². The predicted octanol–water partition coefficient (Wildman–Crippen LogP) is 3.32. The van der Waals surface area contributed by atoms with Crippen molar-refractivity contribution >= 4 is 27.6 Å². The second-order valence-corrected chi connectivity index (χ2v) is 9.15. The monoisotopic (exact) mass is 482 g/mol. The molecule has 0 spiro atoms. The number of sulfonamides is 1. The Balaban J connectivity index is 1.62. The number of anilines is 1. The Bertz CT molecular complexity index is 1240. The molecular weight excluding hydrogens is 456 g/mol. The Labute approximate surface area is 199 Å². The van der Waals surface area contributed by atoms with Crippen LogP contribution in [0.5, 0.6) is 5.75 Å². The molecule has 3 aromatic rings. The van der Waals surface area contributed by atoms with Crippen molar-refractivity contribution in [3.63, 3.8) is 0 Å². The lowest BCUT2D eigenvalue weighted by Gasteiger charge is -2.13. The first-order valence-electron chi connectivity index (χ1n) is 10.5. The van der Waals surface area contributed by atoms with Crippen molar-refractivity contribution in [1.29, 1.82) is 0 Å². The summed E-state index contributed by atoms with van der Waals surface area (Å²) in [5.41, 5.74) is 2.40. The van der Waals surface area contributed by atoms with Crippen molar-refractivity contribution in [1.82, 2.24) is 5.32 Å². The molecular formula is C25H26N2O6S. The molecule has 0 fully saturated rings. The molecule has 0 aromatic heterocycles. The number of methoxy groups -OCH3 is 1. The van der Waals surface area contributed by atoms with Crippen LogP contribution in [0.4, 0.5) is 5.69 Å². The predicted molar refractivity (Wildman–Crippen MR) is 128 cm³/mol. The van der Waals surface area contributed by atoms with Crippen LogP contribution in [0.1, 0.15) is 21.5 Å². The molecule has 178 valence electrons. The largest absolute Gasteiger partial charge is 0.495 e. The Morgan fingerprint density at radius 1 is 0.941 bits per heavy atom. The highest BCUT2D eigenvalue weighted by Crippen LogP contribution is 2.27. The number of carbonyl (C=O) groups excluding carboxylic acids is 2. The number of nitrogens with one attached hydrogen (secondary N) is 2. The fourth-order valence-electron chi connectivity index (χ4n) is 3.10. The minimum atomic E-state index is -4.06. The van der Waals surface area contributed by atoms with Gasteiger partial charge >= 0.3 is 5.97 Å². The van der Waals surface area contributed by atoms with Crippen LogP contribution in [0.2, 0.25) is 0 Å². The summed E-state index contributed by atoms with van der Waals surface area (Å²) in [4.78, 5) is 24.2. The van der Waals surface area contributed by atoms with Gasteiger partial charge in [-0.3, -0.25) is 9.52 Å². The molecule has 0 saturated heterocycles. The first kappa shape index (κ1) is 24.8. The number of aryl methyl sites for hydroxylation is 1. The summed E-state index contributed by atoms with van der Waals surface area (Å²) in [6.07, 6.45) is 0.647. The van der Waals surface area contributed by atoms with E-state index in [1.165, 1.54) is 19.2 Å². The molecule has 0 radical (unpaired) electrons. The van der Waals surface area contributed by atoms with Gasteiger partial charge in [0.2, 0.25) is 0 Å². The summed E-state index contributed by atoms with van der Waals surface area (Å²) in [6, 6.07) is 20.4. The van der Waals surface area contributed by atoms with Gasteiger partial charge in [0.1, 0.15) is 10.6 Å². The van der Waals surface area contributed by atoms with Crippen LogP contribution in [-0.2, 0) is 26.0 Å². The zero-order valence-electron chi connectivity index (χ0n) is 18.9. The van der Waals surface area contributed by atoms with Crippen molar-refractivity contribution < 1.29 is 27.5 Å². The standard InChI is InChI=1S/C25H26N2O6S/c1-18-8-11-21(12-9-18)27-34(30,31)23-16-20(10-13-22(23)32-2)25(29)33-17-24(28)26-15-14-19-6-4-3-5-7-19/h3-13,16,27H,14-15,17H2,1-2H3,(H,26,28). The van der Waals surface area contributed by atoms with Gasteiger partial charge in [-0.15, -0.1) is 0 Å². The van der Waals surface area contributed by atoms with Crippen LogP contribution in [0.15, 0.2) is 77.7 Å². The summed E-state index contributed by atoms with van der Waals surface area (Å²) in [7, 11) is -2.73. The van der Waals surface area contributed by atoms with Gasteiger partial charge in [0, 0.05) is 12.2 Å². The van der Waals surface area contributed by atoms with E-state index in [9.17, 15) is 18.0 Å². The summed E-state index contributed by atoms with van der Waals surface area (Å²) in [5.74, 6) is -1.21. The average molecular weight is 483 g/mol. The molecule has 0 heterocycles. The van der Waals surface area contributed by atoms with E-state index in [2.05, 4.69) is 10.0 Å². The summed E-state index contributed by atoms with van der Waals surface area (Å²) < 4.78 is 38.6. The third kappa shape index (κ3) is 6.82. The number of rotatable bonds is 10. The van der Waals surface area contributed by atoms with Crippen molar-refractivity contribution in [3.8, 4) is 5.75 Å². The Kier molecular flexibility index (Phi) is 8.26. The topological polar surface area (TPSA) is 111 Å². The Hall–Kier alpha value is -3.85. The Morgan fingerprint density at radius 3 is 2.32 bits per heavy atom. The van der Waals surface area contributed by atoms with Crippen molar-refractivity contribution in [2.75, 3.05) is 25.0 Å². The van der Waals surface area contributed by atoms with Crippen molar-refractivity contribution in [2.24, 2.45) is 0 Å². The normalized spacial score (nSPS) is 10.9. The van der Waals surface area contributed by atoms with Crippen LogP contribution in [0.3, 0.4) is 0 Å². The molecule has 3 aromatic carbocycles. The van der Waals surface area contributed by atoms with Gasteiger partial charge in [0.05, 0.1) is 12.7 Å². The maximum Gasteiger partial charge on any atom is 0.338 e. The van der Waals surface area contributed by atoms with E-state index in [1.54, 1.807) is 24.3 Å². The van der Waals surface area contributed by atoms with E-state index in [4.69, 9.17) is 9.47 Å². The molecule has 3 rings (SSSR count). The molecule has 0 aliphatic carbocycles. The van der Waals surface area contributed by atoms with Gasteiger partial charge in [0.25, 0.3) is 15.9 Å². The summed E-state index contributed by atoms with van der Waals surface area (Å²) >= 11 is 0. The van der Waals surface area contributed by atoms with Crippen LogP contribution in [0.25, 0.3) is 0 Å². The molecule has 0 unspecified atom stereocenters. The quantitative estimate of drug-likeness (QED) is 0.429. The Morgan fingerprint density at radius 2 is 1.65 bits per heavy atom. The number of carbonyl (C=O) groups is 2. The summed E-state index contributed by atoms with van der Waals surface area (Å²) in [5, 5.41) is 2.68. The zero-order valence-corrected chi connectivity index (χ0v) is 19.7. The number of hydrogen-bond acceptors (Lipinski definition) is 6. The first-order chi connectivity index (χ1) is 16.3. The lowest BCUT2D eigenvalue weighted by atomic mass is 10.1. The second-order valence-electron chi connectivity index (χ2n) is 7.50. The van der Waals surface area contributed by atoms with Gasteiger partial charge in [-0.2, -0.15) is 0 Å². The van der Waals surface area contributed by atoms with E-state index in [-0.39, 0.29) is 16.2 Å². The SMILES string of the molecule is COc1ccc(C(=O)OCC(=O)NCCc2ccccc2)cc1S(=O)(=O)Nc1ccc(C)cc1. The van der Waals surface area contributed by atoms with E-state index >= 15 is 0 Å². The molecule has 0 saturated carbocycles. The second kappa shape index (κ2) is 11.3. The van der Waals surface area contributed by atoms with Gasteiger partial charge in [0.15, 0.2) is 6.61 Å². The lowest BCUT2D eigenvalue weighted by molar-refractivity contribution is -0.124. The lowest BCUT2D eigenvalue weighted by Crippen LogP contribution is -2.30. The van der Waals surface area contributed by atoms with Crippen LogP contribution < -0.4 is 14.8 Å². The number of ether oxygens (including phenoxy) is 2. The average Bonchev–Trinajstić information content (AvgIpc) is 2.84. The van der Waals surface area contributed by atoms with Crippen LogP contribution in [-0.4, -0.2) is 40.6 Å². The highest BCUT2D eigenvalue weighted by molar-refractivity contribution is 7.92. The minimum absolute atomic E-state index is 0.0258. The summed E-state index contributed by atoms with van der Waals surface area (Å²) in [6.45, 7) is 1.80. The molecule has 0 aliphatic heterocycles. The number of benzene rings is 3. The molecule has 34 heavy (non-hydrogen) atoms. The van der Waals surface area contributed by atoms with Gasteiger partial charge in [-0.05, 0) is 49.2 Å². The van der Waals surface area contributed by atoms with Crippen LogP contribution >= 0.6 is 0 Å². The molecule has 0 bridgehead atoms. The van der Waals surface area contributed by atoms with Gasteiger partial charge in [-0.25, -0.2) is 13.2 Å². The molecule has 2 N–H and O–H groups in total. The third-order valence-corrected chi connectivity index (χ3v) is 6.31. The molecule has 1 amide bonds. The van der Waals surface area contributed by atoms with Gasteiger partial charge < -0.3 is 14.8 Å². The highest BCUT2D eigenvalue weighted by Gasteiger charge is 2.23. The fraction of sp³-hybridized carbons (Fsp3) is 0.200. The maximum atomic E-state index is 12.9. The van der Waals surface area contributed by atoms with E-state index in [0.29, 0.717) is 18.7 Å². The van der Waals surface area contributed by atoms with E-state index in [1.807, 2.05) is 37.3 Å². The van der Waals surface area contributed by atoms with Crippen molar-refractivity contribution in [2.45, 2.75) is 18.2 Å².